The van der Waals surface area contributed by atoms with Crippen LogP contribution in [0.3, 0.4) is 0 Å². The second kappa shape index (κ2) is 10.5. The lowest BCUT2D eigenvalue weighted by Gasteiger charge is -2.48. The third-order valence-corrected chi connectivity index (χ3v) is 11.5. The molecular formula is C28H30O8S2. The minimum Gasteiger partial charge on any atom is -0.354 e. The highest BCUT2D eigenvalue weighted by Crippen LogP contribution is 2.42. The van der Waals surface area contributed by atoms with E-state index in [1.807, 2.05) is 32.0 Å². The molecule has 0 aliphatic carbocycles. The van der Waals surface area contributed by atoms with Gasteiger partial charge >= 0.3 is 0 Å². The minimum absolute atomic E-state index is 0.000868. The standard InChI is InChI=1S/C28H30O8S2/c1-18-9-13-21(14-10-18)37(29,30)25-24-23(17-34-27(36-24)20-7-5-4-6-8-20)35-28(33-3)26(25)38(31,32)22-15-11-19(2)12-16-22/h4-16,23-28H,17H2,1-3H3/t23-,24-,25+,26-,27?,28-/m1/s1. The smallest absolute Gasteiger partial charge is 0.187 e. The first-order chi connectivity index (χ1) is 18.1. The summed E-state index contributed by atoms with van der Waals surface area (Å²) in [6.45, 7) is 3.69. The maximum Gasteiger partial charge on any atom is 0.187 e. The Bertz CT molecular complexity index is 1470. The van der Waals surface area contributed by atoms with Crippen LogP contribution in [0.4, 0.5) is 0 Å². The molecule has 5 rings (SSSR count). The van der Waals surface area contributed by atoms with E-state index in [9.17, 15) is 16.8 Å². The molecule has 0 saturated carbocycles. The fourth-order valence-corrected chi connectivity index (χ4v) is 9.55. The van der Waals surface area contributed by atoms with Gasteiger partial charge in [-0.3, -0.25) is 0 Å². The second-order valence-electron chi connectivity index (χ2n) is 9.60. The van der Waals surface area contributed by atoms with Crippen molar-refractivity contribution in [2.45, 2.75) is 58.9 Å². The molecule has 6 atom stereocenters. The SMILES string of the molecule is CO[C@@H]1O[C@@H]2COC(c3ccccc3)O[C@H]2[C@H](S(=O)(=O)c2ccc(C)cc2)[C@H]1S(=O)(=O)c1ccc(C)cc1. The molecule has 0 radical (unpaired) electrons. The van der Waals surface area contributed by atoms with Crippen LogP contribution in [0.1, 0.15) is 23.0 Å². The van der Waals surface area contributed by atoms with Crippen molar-refractivity contribution >= 4 is 19.7 Å². The Morgan fingerprint density at radius 1 is 0.711 bits per heavy atom. The van der Waals surface area contributed by atoms with Gasteiger partial charge < -0.3 is 18.9 Å². The average molecular weight is 559 g/mol. The van der Waals surface area contributed by atoms with Crippen LogP contribution in [0.15, 0.2) is 88.7 Å². The van der Waals surface area contributed by atoms with Gasteiger partial charge in [-0.25, -0.2) is 16.8 Å². The van der Waals surface area contributed by atoms with Gasteiger partial charge in [-0.15, -0.1) is 0 Å². The molecule has 38 heavy (non-hydrogen) atoms. The molecule has 8 nitrogen and oxygen atoms in total. The number of hydrogen-bond acceptors (Lipinski definition) is 8. The van der Waals surface area contributed by atoms with Crippen LogP contribution in [-0.4, -0.2) is 59.6 Å². The van der Waals surface area contributed by atoms with Crippen molar-refractivity contribution in [2.75, 3.05) is 13.7 Å². The molecule has 1 unspecified atom stereocenters. The molecule has 10 heteroatoms. The van der Waals surface area contributed by atoms with Crippen LogP contribution in [0.2, 0.25) is 0 Å². The molecule has 3 aromatic carbocycles. The molecule has 0 N–H and O–H groups in total. The summed E-state index contributed by atoms with van der Waals surface area (Å²) in [6, 6.07) is 21.7. The Morgan fingerprint density at radius 2 is 1.24 bits per heavy atom. The fourth-order valence-electron chi connectivity index (χ4n) is 4.96. The van der Waals surface area contributed by atoms with Crippen LogP contribution in [0, 0.1) is 13.8 Å². The highest BCUT2D eigenvalue weighted by molar-refractivity contribution is 7.96. The lowest BCUT2D eigenvalue weighted by atomic mass is 10.0. The van der Waals surface area contributed by atoms with Gasteiger partial charge in [-0.1, -0.05) is 65.7 Å². The zero-order valence-electron chi connectivity index (χ0n) is 21.3. The third kappa shape index (κ3) is 4.92. The number of ether oxygens (including phenoxy) is 4. The molecule has 202 valence electrons. The van der Waals surface area contributed by atoms with Crippen molar-refractivity contribution in [1.29, 1.82) is 0 Å². The monoisotopic (exact) mass is 558 g/mol. The molecule has 3 aromatic rings. The Morgan fingerprint density at radius 3 is 1.76 bits per heavy atom. The second-order valence-corrected chi connectivity index (χ2v) is 13.8. The summed E-state index contributed by atoms with van der Waals surface area (Å²) in [4.78, 5) is -0.0213. The number of methoxy groups -OCH3 is 1. The van der Waals surface area contributed by atoms with Crippen LogP contribution in [0.25, 0.3) is 0 Å². The molecule has 2 aliphatic heterocycles. The van der Waals surface area contributed by atoms with Gasteiger partial charge in [0.25, 0.3) is 0 Å². The van der Waals surface area contributed by atoms with E-state index in [2.05, 4.69) is 0 Å². The summed E-state index contributed by atoms with van der Waals surface area (Å²) < 4.78 is 80.5. The van der Waals surface area contributed by atoms with Crippen molar-refractivity contribution in [3.63, 3.8) is 0 Å². The predicted molar refractivity (Wildman–Crippen MR) is 140 cm³/mol. The van der Waals surface area contributed by atoms with E-state index in [0.29, 0.717) is 5.56 Å². The molecule has 0 aromatic heterocycles. The van der Waals surface area contributed by atoms with Crippen LogP contribution < -0.4 is 0 Å². The lowest BCUT2D eigenvalue weighted by Crippen LogP contribution is -2.66. The van der Waals surface area contributed by atoms with Crippen molar-refractivity contribution in [3.8, 4) is 0 Å². The first-order valence-corrected chi connectivity index (χ1v) is 15.3. The maximum atomic E-state index is 14.3. The summed E-state index contributed by atoms with van der Waals surface area (Å²) in [7, 11) is -7.24. The molecule has 2 saturated heterocycles. The van der Waals surface area contributed by atoms with Crippen molar-refractivity contribution < 1.29 is 35.8 Å². The number of fused-ring (bicyclic) bond motifs is 1. The van der Waals surface area contributed by atoms with Gasteiger partial charge in [-0.05, 0) is 38.1 Å². The lowest BCUT2D eigenvalue weighted by molar-refractivity contribution is -0.310. The van der Waals surface area contributed by atoms with E-state index in [1.165, 1.54) is 31.4 Å². The number of sulfone groups is 2. The topological polar surface area (TPSA) is 105 Å². The number of benzene rings is 3. The number of rotatable bonds is 6. The number of hydrogen-bond donors (Lipinski definition) is 0. The Hall–Kier alpha value is -2.60. The van der Waals surface area contributed by atoms with Gasteiger partial charge in [0.15, 0.2) is 32.3 Å². The quantitative estimate of drug-likeness (QED) is 0.450. The molecule has 2 aliphatic rings. The van der Waals surface area contributed by atoms with Crippen LogP contribution >= 0.6 is 0 Å². The first-order valence-electron chi connectivity index (χ1n) is 12.2. The molecule has 2 fully saturated rings. The summed E-state index contributed by atoms with van der Waals surface area (Å²) in [5.41, 5.74) is 2.43. The van der Waals surface area contributed by atoms with Gasteiger partial charge in [0.05, 0.1) is 16.4 Å². The molecule has 0 amide bonds. The third-order valence-electron chi connectivity index (χ3n) is 7.00. The Kier molecular flexibility index (Phi) is 7.47. The van der Waals surface area contributed by atoms with Gasteiger partial charge in [0.2, 0.25) is 0 Å². The van der Waals surface area contributed by atoms with E-state index in [0.717, 1.165) is 11.1 Å². The van der Waals surface area contributed by atoms with E-state index >= 15 is 0 Å². The molecule has 2 heterocycles. The highest BCUT2D eigenvalue weighted by Gasteiger charge is 2.60. The minimum atomic E-state index is -4.27. The summed E-state index contributed by atoms with van der Waals surface area (Å²) >= 11 is 0. The number of aryl methyl sites for hydroxylation is 2. The predicted octanol–water partition coefficient (Wildman–Crippen LogP) is 3.77. The largest absolute Gasteiger partial charge is 0.354 e. The fraction of sp³-hybridized carbons (Fsp3) is 0.357. The Balaban J connectivity index is 1.66. The Labute approximate surface area is 223 Å². The maximum absolute atomic E-state index is 14.3. The van der Waals surface area contributed by atoms with Crippen molar-refractivity contribution in [1.82, 2.24) is 0 Å². The zero-order valence-corrected chi connectivity index (χ0v) is 22.9. The first kappa shape index (κ1) is 27.0. The average Bonchev–Trinajstić information content (AvgIpc) is 2.92. The molecular weight excluding hydrogens is 528 g/mol. The van der Waals surface area contributed by atoms with Gasteiger partial charge in [0, 0.05) is 12.7 Å². The van der Waals surface area contributed by atoms with Crippen LogP contribution in [0.5, 0.6) is 0 Å². The zero-order chi connectivity index (χ0) is 27.1. The van der Waals surface area contributed by atoms with Crippen LogP contribution in [-0.2, 0) is 38.6 Å². The highest BCUT2D eigenvalue weighted by atomic mass is 32.2. The van der Waals surface area contributed by atoms with Gasteiger partial charge in [0.1, 0.15) is 22.7 Å². The van der Waals surface area contributed by atoms with Crippen molar-refractivity contribution in [2.24, 2.45) is 0 Å². The van der Waals surface area contributed by atoms with E-state index in [1.54, 1.807) is 36.4 Å². The van der Waals surface area contributed by atoms with Gasteiger partial charge in [-0.2, -0.15) is 0 Å². The molecule has 0 bridgehead atoms. The summed E-state index contributed by atoms with van der Waals surface area (Å²) in [5.74, 6) is 0. The van der Waals surface area contributed by atoms with E-state index in [4.69, 9.17) is 18.9 Å². The van der Waals surface area contributed by atoms with E-state index in [-0.39, 0.29) is 16.4 Å². The van der Waals surface area contributed by atoms with E-state index < -0.39 is 55.0 Å². The summed E-state index contributed by atoms with van der Waals surface area (Å²) in [5, 5.41) is -3.13. The molecule has 0 spiro atoms. The normalized spacial score (nSPS) is 28.0. The van der Waals surface area contributed by atoms with Crippen molar-refractivity contribution in [3.05, 3.63) is 95.6 Å². The summed E-state index contributed by atoms with van der Waals surface area (Å²) in [6.07, 6.45) is -4.27.